The summed E-state index contributed by atoms with van der Waals surface area (Å²) in [5, 5.41) is 11.4. The highest BCUT2D eigenvalue weighted by Crippen LogP contribution is 2.23. The number of hydrogen-bond donors (Lipinski definition) is 0. The summed E-state index contributed by atoms with van der Waals surface area (Å²) in [6, 6.07) is 12.6. The van der Waals surface area contributed by atoms with Gasteiger partial charge in [0.15, 0.2) is 5.16 Å². The maximum atomic E-state index is 4.22. The number of halogens is 1. The fourth-order valence-electron chi connectivity index (χ4n) is 1.97. The van der Waals surface area contributed by atoms with Crippen LogP contribution in [0, 0.1) is 0 Å². The number of aromatic nitrogens is 3. The number of aryl methyl sites for hydroxylation is 2. The summed E-state index contributed by atoms with van der Waals surface area (Å²) in [6.45, 7) is 0.925. The van der Waals surface area contributed by atoms with E-state index in [9.17, 15) is 0 Å². The Bertz CT molecular complexity index is 695. The standard InChI is InChI=1S/C15H14BrN3S2/c16-13-4-1-3-12(9-13)10-21-15-18-17-11-19(15)7-6-14-5-2-8-20-14/h1-5,8-9,11H,6-7,10H2. The van der Waals surface area contributed by atoms with Crippen molar-refractivity contribution in [1.82, 2.24) is 14.8 Å². The highest BCUT2D eigenvalue weighted by molar-refractivity contribution is 9.10. The molecular formula is C15H14BrN3S2. The van der Waals surface area contributed by atoms with Gasteiger partial charge in [-0.05, 0) is 35.6 Å². The van der Waals surface area contributed by atoms with Crippen LogP contribution in [0.25, 0.3) is 0 Å². The molecule has 0 bridgehead atoms. The van der Waals surface area contributed by atoms with E-state index >= 15 is 0 Å². The molecule has 3 rings (SSSR count). The van der Waals surface area contributed by atoms with Gasteiger partial charge < -0.3 is 4.57 Å². The van der Waals surface area contributed by atoms with E-state index in [-0.39, 0.29) is 0 Å². The Kier molecular flexibility index (Phi) is 5.11. The third-order valence-electron chi connectivity index (χ3n) is 3.02. The van der Waals surface area contributed by atoms with Crippen molar-refractivity contribution >= 4 is 39.0 Å². The zero-order valence-electron chi connectivity index (χ0n) is 11.3. The topological polar surface area (TPSA) is 30.7 Å². The number of thioether (sulfide) groups is 1. The van der Waals surface area contributed by atoms with Crippen molar-refractivity contribution in [1.29, 1.82) is 0 Å². The molecule has 3 nitrogen and oxygen atoms in total. The van der Waals surface area contributed by atoms with Crippen molar-refractivity contribution in [3.05, 3.63) is 63.0 Å². The van der Waals surface area contributed by atoms with Crippen LogP contribution in [-0.2, 0) is 18.7 Å². The fraction of sp³-hybridized carbons (Fsp3) is 0.200. The van der Waals surface area contributed by atoms with E-state index in [4.69, 9.17) is 0 Å². The lowest BCUT2D eigenvalue weighted by molar-refractivity contribution is 0.637. The summed E-state index contributed by atoms with van der Waals surface area (Å²) in [5.41, 5.74) is 1.28. The minimum atomic E-state index is 0.900. The molecule has 0 amide bonds. The Morgan fingerprint density at radius 2 is 2.19 bits per heavy atom. The normalized spacial score (nSPS) is 10.9. The quantitative estimate of drug-likeness (QED) is 0.584. The van der Waals surface area contributed by atoms with Gasteiger partial charge >= 0.3 is 0 Å². The van der Waals surface area contributed by atoms with Crippen molar-refractivity contribution in [2.24, 2.45) is 0 Å². The van der Waals surface area contributed by atoms with Gasteiger partial charge in [-0.3, -0.25) is 0 Å². The number of hydrogen-bond acceptors (Lipinski definition) is 4. The van der Waals surface area contributed by atoms with Crippen LogP contribution < -0.4 is 0 Å². The van der Waals surface area contributed by atoms with Crippen molar-refractivity contribution in [3.63, 3.8) is 0 Å². The van der Waals surface area contributed by atoms with Crippen molar-refractivity contribution in [2.75, 3.05) is 0 Å². The molecule has 6 heteroatoms. The Morgan fingerprint density at radius 1 is 1.24 bits per heavy atom. The van der Waals surface area contributed by atoms with Crippen LogP contribution in [0.5, 0.6) is 0 Å². The first-order chi connectivity index (χ1) is 10.3. The second kappa shape index (κ2) is 7.24. The Balaban J connectivity index is 1.60. The molecule has 2 aromatic heterocycles. The van der Waals surface area contributed by atoms with Crippen molar-refractivity contribution < 1.29 is 0 Å². The van der Waals surface area contributed by atoms with E-state index in [1.165, 1.54) is 10.4 Å². The monoisotopic (exact) mass is 379 g/mol. The molecule has 1 aromatic carbocycles. The van der Waals surface area contributed by atoms with E-state index in [0.29, 0.717) is 0 Å². The minimum absolute atomic E-state index is 0.900. The molecule has 3 aromatic rings. The maximum Gasteiger partial charge on any atom is 0.191 e. The van der Waals surface area contributed by atoms with Crippen molar-refractivity contribution in [2.45, 2.75) is 23.9 Å². The summed E-state index contributed by atoms with van der Waals surface area (Å²) in [7, 11) is 0. The van der Waals surface area contributed by atoms with E-state index in [1.807, 2.05) is 12.4 Å². The van der Waals surface area contributed by atoms with Gasteiger partial charge in [0.1, 0.15) is 6.33 Å². The number of nitrogens with zero attached hydrogens (tertiary/aromatic N) is 3. The van der Waals surface area contributed by atoms with E-state index < -0.39 is 0 Å². The first-order valence-corrected chi connectivity index (χ1v) is 9.24. The average molecular weight is 380 g/mol. The molecule has 0 aliphatic rings. The fourth-order valence-corrected chi connectivity index (χ4v) is 4.00. The molecule has 108 valence electrons. The summed E-state index contributed by atoms with van der Waals surface area (Å²) in [5.74, 6) is 0.900. The number of benzene rings is 1. The molecule has 0 unspecified atom stereocenters. The first kappa shape index (κ1) is 14.8. The predicted octanol–water partition coefficient (Wildman–Crippen LogP) is 4.64. The molecular weight excluding hydrogens is 366 g/mol. The van der Waals surface area contributed by atoms with Crippen LogP contribution in [-0.4, -0.2) is 14.8 Å². The second-order valence-corrected chi connectivity index (χ2v) is 7.45. The van der Waals surface area contributed by atoms with E-state index in [1.54, 1.807) is 23.1 Å². The lowest BCUT2D eigenvalue weighted by atomic mass is 10.2. The SMILES string of the molecule is Brc1cccc(CSc2nncn2CCc2cccs2)c1. The molecule has 0 spiro atoms. The van der Waals surface area contributed by atoms with Crippen LogP contribution in [0.2, 0.25) is 0 Å². The molecule has 0 N–H and O–H groups in total. The van der Waals surface area contributed by atoms with Crippen LogP contribution >= 0.6 is 39.0 Å². The van der Waals surface area contributed by atoms with Gasteiger partial charge in [0.2, 0.25) is 0 Å². The maximum absolute atomic E-state index is 4.22. The zero-order chi connectivity index (χ0) is 14.5. The lowest BCUT2D eigenvalue weighted by Gasteiger charge is -2.05. The summed E-state index contributed by atoms with van der Waals surface area (Å²) in [4.78, 5) is 1.40. The van der Waals surface area contributed by atoms with Gasteiger partial charge in [-0.15, -0.1) is 21.5 Å². The third kappa shape index (κ3) is 4.18. The Hall–Kier alpha value is -1.11. The first-order valence-electron chi connectivity index (χ1n) is 6.59. The van der Waals surface area contributed by atoms with Gasteiger partial charge in [0.25, 0.3) is 0 Å². The molecule has 0 fully saturated rings. The molecule has 0 saturated carbocycles. The van der Waals surface area contributed by atoms with Crippen LogP contribution in [0.4, 0.5) is 0 Å². The highest BCUT2D eigenvalue weighted by atomic mass is 79.9. The molecule has 0 saturated heterocycles. The smallest absolute Gasteiger partial charge is 0.191 e. The van der Waals surface area contributed by atoms with Crippen LogP contribution in [0.3, 0.4) is 0 Å². The number of thiophene rings is 1. The predicted molar refractivity (Wildman–Crippen MR) is 91.7 cm³/mol. The number of rotatable bonds is 6. The molecule has 0 radical (unpaired) electrons. The molecule has 0 atom stereocenters. The van der Waals surface area contributed by atoms with Crippen molar-refractivity contribution in [3.8, 4) is 0 Å². The zero-order valence-corrected chi connectivity index (χ0v) is 14.5. The third-order valence-corrected chi connectivity index (χ3v) is 5.50. The van der Waals surface area contributed by atoms with Gasteiger partial charge in [0.05, 0.1) is 0 Å². The highest BCUT2D eigenvalue weighted by Gasteiger charge is 2.06. The van der Waals surface area contributed by atoms with E-state index in [2.05, 4.69) is 66.4 Å². The average Bonchev–Trinajstić information content (AvgIpc) is 3.14. The minimum Gasteiger partial charge on any atom is -0.308 e. The Labute approximate surface area is 140 Å². The summed E-state index contributed by atoms with van der Waals surface area (Å²) >= 11 is 7.02. The van der Waals surface area contributed by atoms with Crippen LogP contribution in [0.1, 0.15) is 10.4 Å². The van der Waals surface area contributed by atoms with Crippen LogP contribution in [0.15, 0.2) is 57.7 Å². The second-order valence-electron chi connectivity index (χ2n) is 4.55. The van der Waals surface area contributed by atoms with Gasteiger partial charge in [-0.2, -0.15) is 0 Å². The molecule has 0 aliphatic heterocycles. The van der Waals surface area contributed by atoms with E-state index in [0.717, 1.165) is 28.3 Å². The largest absolute Gasteiger partial charge is 0.308 e. The molecule has 21 heavy (non-hydrogen) atoms. The molecule has 0 aliphatic carbocycles. The van der Waals surface area contributed by atoms with Gasteiger partial charge in [0, 0.05) is 21.6 Å². The molecule has 2 heterocycles. The van der Waals surface area contributed by atoms with Gasteiger partial charge in [-0.25, -0.2) is 0 Å². The lowest BCUT2D eigenvalue weighted by Crippen LogP contribution is -2.01. The Morgan fingerprint density at radius 3 is 3.00 bits per heavy atom. The van der Waals surface area contributed by atoms with Gasteiger partial charge in [-0.1, -0.05) is 45.9 Å². The summed E-state index contributed by atoms with van der Waals surface area (Å²) < 4.78 is 3.24. The summed E-state index contributed by atoms with van der Waals surface area (Å²) in [6.07, 6.45) is 2.84.